The number of benzene rings is 2. The van der Waals surface area contributed by atoms with Crippen LogP contribution in [-0.2, 0) is 10.8 Å². The third-order valence-electron chi connectivity index (χ3n) is 7.34. The van der Waals surface area contributed by atoms with Crippen molar-refractivity contribution in [2.75, 3.05) is 0 Å². The molecule has 160 valence electrons. The molecule has 2 aromatic rings. The Morgan fingerprint density at radius 1 is 0.806 bits per heavy atom. The van der Waals surface area contributed by atoms with Gasteiger partial charge < -0.3 is 0 Å². The maximum Gasteiger partial charge on any atom is -0.00672 e. The molecule has 0 nitrogen and oxygen atoms in total. The molecule has 3 aliphatic rings. The summed E-state index contributed by atoms with van der Waals surface area (Å²) in [6, 6.07) is 9.68. The molecule has 31 heavy (non-hydrogen) atoms. The van der Waals surface area contributed by atoms with Crippen molar-refractivity contribution in [2.45, 2.75) is 84.5 Å². The van der Waals surface area contributed by atoms with E-state index in [2.05, 4.69) is 90.1 Å². The van der Waals surface area contributed by atoms with Crippen LogP contribution in [0.2, 0.25) is 0 Å². The smallest absolute Gasteiger partial charge is 0.00672 e. The highest BCUT2D eigenvalue weighted by Crippen LogP contribution is 2.34. The molecular weight excluding hydrogens is 372 g/mol. The molecule has 0 aliphatic heterocycles. The lowest BCUT2D eigenvalue weighted by Gasteiger charge is -2.25. The summed E-state index contributed by atoms with van der Waals surface area (Å²) in [5.41, 5.74) is 9.40. The number of allylic oxidation sites excluding steroid dienone is 4. The molecule has 1 fully saturated rings. The Morgan fingerprint density at radius 3 is 2.16 bits per heavy atom. The van der Waals surface area contributed by atoms with E-state index in [1.165, 1.54) is 69.2 Å². The van der Waals surface area contributed by atoms with Crippen molar-refractivity contribution in [2.24, 2.45) is 0 Å². The minimum absolute atomic E-state index is 0.117. The Kier molecular flexibility index (Phi) is 4.70. The Morgan fingerprint density at radius 2 is 1.55 bits per heavy atom. The fraction of sp³-hybridized carbons (Fsp3) is 0.419. The lowest BCUT2D eigenvalue weighted by atomic mass is 9.79. The second kappa shape index (κ2) is 7.09. The van der Waals surface area contributed by atoms with E-state index in [1.54, 1.807) is 10.8 Å². The van der Waals surface area contributed by atoms with Crippen LogP contribution in [-0.4, -0.2) is 0 Å². The third kappa shape index (κ3) is 3.45. The Hall–Kier alpha value is -2.34. The Bertz CT molecular complexity index is 1340. The average Bonchev–Trinajstić information content (AvgIpc) is 3.44. The minimum atomic E-state index is 0.117. The summed E-state index contributed by atoms with van der Waals surface area (Å²) in [5, 5.41) is 5.82. The predicted molar refractivity (Wildman–Crippen MR) is 134 cm³/mol. The molecule has 3 aliphatic carbocycles. The second-order valence-corrected chi connectivity index (χ2v) is 11.7. The summed E-state index contributed by atoms with van der Waals surface area (Å²) in [6.45, 7) is 14.1. The summed E-state index contributed by atoms with van der Waals surface area (Å²) < 4.78 is 0. The number of hydrogen-bond donors (Lipinski definition) is 0. The quantitative estimate of drug-likeness (QED) is 0.416. The van der Waals surface area contributed by atoms with E-state index in [-0.39, 0.29) is 10.8 Å². The average molecular weight is 409 g/mol. The molecule has 0 heterocycles. The van der Waals surface area contributed by atoms with Crippen molar-refractivity contribution in [1.29, 1.82) is 0 Å². The Balaban J connectivity index is 1.99. The van der Waals surface area contributed by atoms with Crippen molar-refractivity contribution >= 4 is 17.2 Å². The SMILES string of the molecule is CC(C)(C)c1ccc2c(c1)=c1cc(C(C)(C)C)c(=C3CCCC3)c(C3=CC=CC3)c1C=2. The molecule has 0 unspecified atom stereocenters. The first-order chi connectivity index (χ1) is 14.6. The molecule has 0 radical (unpaired) electrons. The molecule has 5 rings (SSSR count). The summed E-state index contributed by atoms with van der Waals surface area (Å²) in [4.78, 5) is 0. The molecule has 0 atom stereocenters. The first kappa shape index (κ1) is 20.6. The zero-order valence-electron chi connectivity index (χ0n) is 20.2. The van der Waals surface area contributed by atoms with Crippen LogP contribution in [0.5, 0.6) is 0 Å². The Labute approximate surface area is 187 Å². The standard InChI is InChI=1S/C31H36/c1-30(2,3)23-16-15-22-17-26-25(24(22)18-23)19-27(31(4,5)6)29(21-13-9-10-14-21)28(26)20-11-7-8-12-20/h7-8,11,15-19H,9-10,12-14H2,1-6H3. The lowest BCUT2D eigenvalue weighted by Crippen LogP contribution is -2.28. The van der Waals surface area contributed by atoms with Crippen LogP contribution in [0.4, 0.5) is 0 Å². The van der Waals surface area contributed by atoms with Gasteiger partial charge in [0.05, 0.1) is 0 Å². The number of rotatable bonds is 1. The molecule has 0 amide bonds. The first-order valence-electron chi connectivity index (χ1n) is 12.1. The van der Waals surface area contributed by atoms with Crippen LogP contribution in [0.15, 0.2) is 42.5 Å². The molecule has 0 N–H and O–H groups in total. The molecule has 0 saturated heterocycles. The summed E-state index contributed by atoms with van der Waals surface area (Å²) in [5.74, 6) is 0. The maximum atomic E-state index is 2.55. The lowest BCUT2D eigenvalue weighted by molar-refractivity contribution is 0.584. The van der Waals surface area contributed by atoms with Gasteiger partial charge in [-0.1, -0.05) is 83.5 Å². The van der Waals surface area contributed by atoms with Gasteiger partial charge in [-0.3, -0.25) is 0 Å². The molecule has 0 spiro atoms. The topological polar surface area (TPSA) is 0 Å². The fourth-order valence-electron chi connectivity index (χ4n) is 5.59. The highest BCUT2D eigenvalue weighted by molar-refractivity contribution is 5.81. The number of hydrogen-bond acceptors (Lipinski definition) is 0. The molecule has 0 heteroatoms. The number of fused-ring (bicyclic) bond motifs is 2. The van der Waals surface area contributed by atoms with Gasteiger partial charge in [0.25, 0.3) is 0 Å². The fourth-order valence-corrected chi connectivity index (χ4v) is 5.59. The molecule has 1 saturated carbocycles. The zero-order valence-corrected chi connectivity index (χ0v) is 20.2. The highest BCUT2D eigenvalue weighted by Gasteiger charge is 2.25. The normalized spacial score (nSPS) is 17.6. The molecular formula is C31H36. The van der Waals surface area contributed by atoms with E-state index < -0.39 is 0 Å². The van der Waals surface area contributed by atoms with Crippen LogP contribution in [0.25, 0.3) is 17.2 Å². The van der Waals surface area contributed by atoms with E-state index in [0.717, 1.165) is 6.42 Å². The van der Waals surface area contributed by atoms with E-state index in [4.69, 9.17) is 0 Å². The van der Waals surface area contributed by atoms with Crippen molar-refractivity contribution in [1.82, 2.24) is 0 Å². The van der Waals surface area contributed by atoms with Gasteiger partial charge in [-0.2, -0.15) is 0 Å². The molecule has 2 aromatic carbocycles. The monoisotopic (exact) mass is 408 g/mol. The van der Waals surface area contributed by atoms with Crippen molar-refractivity contribution in [3.05, 3.63) is 85.6 Å². The van der Waals surface area contributed by atoms with Gasteiger partial charge in [-0.25, -0.2) is 0 Å². The summed E-state index contributed by atoms with van der Waals surface area (Å²) in [6.07, 6.45) is 15.6. The van der Waals surface area contributed by atoms with E-state index in [0.29, 0.717) is 0 Å². The third-order valence-corrected chi connectivity index (χ3v) is 7.34. The van der Waals surface area contributed by atoms with Gasteiger partial charge in [-0.05, 0) is 104 Å². The van der Waals surface area contributed by atoms with Gasteiger partial charge in [-0.15, -0.1) is 0 Å². The van der Waals surface area contributed by atoms with E-state index in [1.807, 2.05) is 0 Å². The first-order valence-corrected chi connectivity index (χ1v) is 12.1. The van der Waals surface area contributed by atoms with Crippen LogP contribution in [0.1, 0.15) is 95.9 Å². The van der Waals surface area contributed by atoms with Gasteiger partial charge >= 0.3 is 0 Å². The summed E-state index contributed by atoms with van der Waals surface area (Å²) in [7, 11) is 0. The van der Waals surface area contributed by atoms with E-state index in [9.17, 15) is 0 Å². The molecule has 0 bridgehead atoms. The second-order valence-electron chi connectivity index (χ2n) is 11.7. The van der Waals surface area contributed by atoms with Crippen molar-refractivity contribution in [3.63, 3.8) is 0 Å². The van der Waals surface area contributed by atoms with Crippen molar-refractivity contribution in [3.8, 4) is 0 Å². The minimum Gasteiger partial charge on any atom is -0.0801 e. The van der Waals surface area contributed by atoms with Crippen LogP contribution in [0, 0.1) is 10.4 Å². The van der Waals surface area contributed by atoms with Gasteiger partial charge in [0.15, 0.2) is 0 Å². The van der Waals surface area contributed by atoms with Gasteiger partial charge in [0, 0.05) is 0 Å². The maximum absolute atomic E-state index is 2.55. The van der Waals surface area contributed by atoms with Crippen LogP contribution < -0.4 is 10.4 Å². The van der Waals surface area contributed by atoms with Crippen molar-refractivity contribution < 1.29 is 0 Å². The van der Waals surface area contributed by atoms with Gasteiger partial charge in [0.1, 0.15) is 0 Å². The zero-order chi connectivity index (χ0) is 22.0. The van der Waals surface area contributed by atoms with Gasteiger partial charge in [0.2, 0.25) is 0 Å². The summed E-state index contributed by atoms with van der Waals surface area (Å²) >= 11 is 0. The van der Waals surface area contributed by atoms with E-state index >= 15 is 0 Å². The van der Waals surface area contributed by atoms with Crippen LogP contribution in [0.3, 0.4) is 0 Å². The predicted octanol–water partition coefficient (Wildman–Crippen LogP) is 6.78. The van der Waals surface area contributed by atoms with Crippen LogP contribution >= 0.6 is 0 Å². The largest absolute Gasteiger partial charge is 0.0801 e. The molecule has 0 aromatic heterocycles. The highest BCUT2D eigenvalue weighted by atomic mass is 14.3.